The topological polar surface area (TPSA) is 89.3 Å². The van der Waals surface area contributed by atoms with Crippen molar-refractivity contribution < 1.29 is 17.6 Å². The highest BCUT2D eigenvalue weighted by atomic mass is 35.5. The van der Waals surface area contributed by atoms with Crippen molar-refractivity contribution in [2.75, 3.05) is 0 Å². The van der Waals surface area contributed by atoms with Gasteiger partial charge in [-0.05, 0) is 55.0 Å². The third kappa shape index (κ3) is 5.50. The van der Waals surface area contributed by atoms with E-state index in [1.165, 1.54) is 12.1 Å². The van der Waals surface area contributed by atoms with E-state index in [1.54, 1.807) is 43.3 Å². The summed E-state index contributed by atoms with van der Waals surface area (Å²) in [6.07, 6.45) is 0. The Balaban J connectivity index is 1.47. The first-order chi connectivity index (χ1) is 15.8. The van der Waals surface area contributed by atoms with Gasteiger partial charge in [0.05, 0.1) is 10.6 Å². The number of hydrogen-bond acceptors (Lipinski definition) is 5. The predicted molar refractivity (Wildman–Crippen MR) is 127 cm³/mol. The largest absolute Gasteiger partial charge is 0.441 e. The molecule has 4 rings (SSSR count). The average molecular weight is 481 g/mol. The smallest absolute Gasteiger partial charge is 0.251 e. The first kappa shape index (κ1) is 22.8. The molecule has 0 spiro atoms. The molecule has 1 aromatic heterocycles. The standard InChI is InChI=1S/C25H21ClN2O4S/c1-17-23(16-33(30,31)22-9-5-8-21(26)14-22)28-25(32-17)20-12-10-19(11-13-20)24(29)27-15-18-6-3-2-4-7-18/h2-14H,15-16H2,1H3,(H,27,29). The first-order valence-electron chi connectivity index (χ1n) is 10.2. The number of rotatable bonds is 7. The van der Waals surface area contributed by atoms with Gasteiger partial charge in [-0.25, -0.2) is 13.4 Å². The van der Waals surface area contributed by atoms with Gasteiger partial charge in [-0.3, -0.25) is 4.79 Å². The quantitative estimate of drug-likeness (QED) is 0.392. The molecule has 0 radical (unpaired) electrons. The second kappa shape index (κ2) is 9.60. The number of amides is 1. The van der Waals surface area contributed by atoms with Gasteiger partial charge in [0.1, 0.15) is 11.5 Å². The molecule has 0 atom stereocenters. The highest BCUT2D eigenvalue weighted by Crippen LogP contribution is 2.26. The van der Waals surface area contributed by atoms with Crippen LogP contribution in [0.4, 0.5) is 0 Å². The van der Waals surface area contributed by atoms with Crippen LogP contribution in [0.15, 0.2) is 88.2 Å². The van der Waals surface area contributed by atoms with E-state index >= 15 is 0 Å². The Morgan fingerprint density at radius 2 is 1.73 bits per heavy atom. The normalized spacial score (nSPS) is 11.3. The highest BCUT2D eigenvalue weighted by Gasteiger charge is 2.21. The molecule has 0 fully saturated rings. The van der Waals surface area contributed by atoms with Crippen LogP contribution in [0.5, 0.6) is 0 Å². The van der Waals surface area contributed by atoms with Gasteiger partial charge in [-0.1, -0.05) is 48.0 Å². The number of aryl methyl sites for hydroxylation is 1. The molecule has 0 aliphatic rings. The van der Waals surface area contributed by atoms with Crippen molar-refractivity contribution in [1.29, 1.82) is 0 Å². The molecule has 1 heterocycles. The van der Waals surface area contributed by atoms with E-state index in [0.29, 0.717) is 40.0 Å². The Labute approximate surface area is 197 Å². The van der Waals surface area contributed by atoms with Gasteiger partial charge in [-0.15, -0.1) is 0 Å². The lowest BCUT2D eigenvalue weighted by atomic mass is 10.1. The summed E-state index contributed by atoms with van der Waals surface area (Å²) < 4.78 is 31.2. The number of carbonyl (C=O) groups is 1. The molecule has 8 heteroatoms. The molecule has 0 saturated heterocycles. The third-order valence-electron chi connectivity index (χ3n) is 5.06. The minimum absolute atomic E-state index is 0.129. The lowest BCUT2D eigenvalue weighted by Crippen LogP contribution is -2.22. The zero-order valence-electron chi connectivity index (χ0n) is 17.8. The van der Waals surface area contributed by atoms with Gasteiger partial charge in [0.15, 0.2) is 9.84 Å². The lowest BCUT2D eigenvalue weighted by molar-refractivity contribution is 0.0951. The van der Waals surface area contributed by atoms with Gasteiger partial charge in [0.2, 0.25) is 5.89 Å². The fraction of sp³-hybridized carbons (Fsp3) is 0.120. The van der Waals surface area contributed by atoms with Crippen molar-refractivity contribution in [1.82, 2.24) is 10.3 Å². The van der Waals surface area contributed by atoms with Crippen molar-refractivity contribution in [3.63, 3.8) is 0 Å². The summed E-state index contributed by atoms with van der Waals surface area (Å²) in [5.41, 5.74) is 2.48. The van der Waals surface area contributed by atoms with Gasteiger partial charge < -0.3 is 9.73 Å². The minimum Gasteiger partial charge on any atom is -0.441 e. The van der Waals surface area contributed by atoms with Crippen LogP contribution in [0.3, 0.4) is 0 Å². The van der Waals surface area contributed by atoms with E-state index in [4.69, 9.17) is 16.0 Å². The maximum absolute atomic E-state index is 12.8. The SMILES string of the molecule is Cc1oc(-c2ccc(C(=O)NCc3ccccc3)cc2)nc1CS(=O)(=O)c1cccc(Cl)c1. The number of carbonyl (C=O) groups excluding carboxylic acids is 1. The van der Waals surface area contributed by atoms with Crippen LogP contribution >= 0.6 is 11.6 Å². The van der Waals surface area contributed by atoms with Crippen LogP contribution < -0.4 is 5.32 Å². The molecule has 3 aromatic carbocycles. The summed E-state index contributed by atoms with van der Waals surface area (Å²) in [5, 5.41) is 3.23. The Kier molecular flexibility index (Phi) is 6.62. The highest BCUT2D eigenvalue weighted by molar-refractivity contribution is 7.90. The van der Waals surface area contributed by atoms with Crippen molar-refractivity contribution in [2.24, 2.45) is 0 Å². The Morgan fingerprint density at radius 3 is 2.42 bits per heavy atom. The summed E-state index contributed by atoms with van der Waals surface area (Å²) in [7, 11) is -3.63. The number of hydrogen-bond donors (Lipinski definition) is 1. The molecule has 6 nitrogen and oxygen atoms in total. The van der Waals surface area contributed by atoms with Crippen molar-refractivity contribution >= 4 is 27.3 Å². The fourth-order valence-corrected chi connectivity index (χ4v) is 4.90. The number of aromatic nitrogens is 1. The lowest BCUT2D eigenvalue weighted by Gasteiger charge is -2.06. The van der Waals surface area contributed by atoms with E-state index in [0.717, 1.165) is 5.56 Å². The van der Waals surface area contributed by atoms with Crippen LogP contribution in [0.25, 0.3) is 11.5 Å². The number of oxazole rings is 1. The predicted octanol–water partition coefficient (Wildman–Crippen LogP) is 5.21. The van der Waals surface area contributed by atoms with Gasteiger partial charge >= 0.3 is 0 Å². The number of nitrogens with zero attached hydrogens (tertiary/aromatic N) is 1. The monoisotopic (exact) mass is 480 g/mol. The molecular formula is C25H21ClN2O4S. The molecule has 0 aliphatic heterocycles. The van der Waals surface area contributed by atoms with E-state index in [1.807, 2.05) is 30.3 Å². The van der Waals surface area contributed by atoms with Crippen LogP contribution in [0.1, 0.15) is 27.4 Å². The molecule has 0 aliphatic carbocycles. The maximum Gasteiger partial charge on any atom is 0.251 e. The van der Waals surface area contributed by atoms with Crippen LogP contribution in [-0.2, 0) is 22.1 Å². The summed E-state index contributed by atoms with van der Waals surface area (Å²) in [4.78, 5) is 16.9. The first-order valence-corrected chi connectivity index (χ1v) is 12.2. The number of benzene rings is 3. The summed E-state index contributed by atoms with van der Waals surface area (Å²) >= 11 is 5.93. The molecule has 0 saturated carbocycles. The molecular weight excluding hydrogens is 460 g/mol. The molecule has 1 amide bonds. The molecule has 0 bridgehead atoms. The van der Waals surface area contributed by atoms with E-state index in [9.17, 15) is 13.2 Å². The number of nitrogens with one attached hydrogen (secondary N) is 1. The fourth-order valence-electron chi connectivity index (χ4n) is 3.25. The molecule has 168 valence electrons. The van der Waals surface area contributed by atoms with Crippen LogP contribution in [0, 0.1) is 6.92 Å². The molecule has 4 aromatic rings. The number of sulfone groups is 1. The minimum atomic E-state index is -3.63. The molecule has 0 unspecified atom stereocenters. The van der Waals surface area contributed by atoms with Gasteiger partial charge in [0, 0.05) is 22.7 Å². The summed E-state index contributed by atoms with van der Waals surface area (Å²) in [6.45, 7) is 2.11. The van der Waals surface area contributed by atoms with Crippen LogP contribution in [-0.4, -0.2) is 19.3 Å². The van der Waals surface area contributed by atoms with Crippen LogP contribution in [0.2, 0.25) is 5.02 Å². The van der Waals surface area contributed by atoms with E-state index < -0.39 is 9.84 Å². The zero-order valence-corrected chi connectivity index (χ0v) is 19.4. The van der Waals surface area contributed by atoms with Crippen molar-refractivity contribution in [3.05, 3.63) is 106 Å². The Hall–Kier alpha value is -3.42. The Morgan fingerprint density at radius 1 is 1.00 bits per heavy atom. The summed E-state index contributed by atoms with van der Waals surface area (Å²) in [5.74, 6) is 0.213. The summed E-state index contributed by atoms with van der Waals surface area (Å²) in [6, 6.07) is 22.6. The second-order valence-corrected chi connectivity index (χ2v) is 9.91. The number of halogens is 1. The van der Waals surface area contributed by atoms with E-state index in [2.05, 4.69) is 10.3 Å². The molecule has 33 heavy (non-hydrogen) atoms. The van der Waals surface area contributed by atoms with Gasteiger partial charge in [0.25, 0.3) is 5.91 Å². The average Bonchev–Trinajstić information content (AvgIpc) is 3.17. The van der Waals surface area contributed by atoms with E-state index in [-0.39, 0.29) is 16.6 Å². The molecule has 1 N–H and O–H groups in total. The Bertz CT molecular complexity index is 1380. The third-order valence-corrected chi connectivity index (χ3v) is 6.93. The van der Waals surface area contributed by atoms with Gasteiger partial charge in [-0.2, -0.15) is 0 Å². The second-order valence-electron chi connectivity index (χ2n) is 7.48. The van der Waals surface area contributed by atoms with Crippen molar-refractivity contribution in [3.8, 4) is 11.5 Å². The zero-order chi connectivity index (χ0) is 23.4. The van der Waals surface area contributed by atoms with Crippen molar-refractivity contribution in [2.45, 2.75) is 24.1 Å². The maximum atomic E-state index is 12.8.